The van der Waals surface area contributed by atoms with Crippen LogP contribution >= 0.6 is 11.3 Å². The standard InChI is InChI=1S/C20H19FN6S/c1-26-12-24-25-18(26)14-3-2-8-27(9-14)19-17-16(10-28-20(17)23-11-22-19)13-4-6-15(21)7-5-13/h4-7,10-12,14H,2-3,8-9H2,1H3/t14-/m0/s1. The van der Waals surface area contributed by atoms with Crippen molar-refractivity contribution in [2.24, 2.45) is 7.05 Å². The second-order valence-corrected chi connectivity index (χ2v) is 7.98. The van der Waals surface area contributed by atoms with Gasteiger partial charge in [0.05, 0.1) is 5.39 Å². The predicted molar refractivity (Wildman–Crippen MR) is 108 cm³/mol. The van der Waals surface area contributed by atoms with Crippen molar-refractivity contribution in [2.75, 3.05) is 18.0 Å². The molecule has 142 valence electrons. The van der Waals surface area contributed by atoms with Gasteiger partial charge in [0.2, 0.25) is 0 Å². The Kier molecular flexibility index (Phi) is 4.27. The largest absolute Gasteiger partial charge is 0.355 e. The molecule has 0 saturated carbocycles. The summed E-state index contributed by atoms with van der Waals surface area (Å²) in [7, 11) is 1.99. The van der Waals surface area contributed by atoms with E-state index in [4.69, 9.17) is 0 Å². The molecule has 0 N–H and O–H groups in total. The first-order chi connectivity index (χ1) is 13.7. The van der Waals surface area contributed by atoms with E-state index in [1.165, 1.54) is 12.1 Å². The van der Waals surface area contributed by atoms with Crippen LogP contribution in [0.2, 0.25) is 0 Å². The third-order valence-corrected chi connectivity index (χ3v) is 6.22. The lowest BCUT2D eigenvalue weighted by Gasteiger charge is -2.33. The number of thiophene rings is 1. The number of aryl methyl sites for hydroxylation is 1. The lowest BCUT2D eigenvalue weighted by molar-refractivity contribution is 0.478. The molecule has 1 atom stereocenters. The summed E-state index contributed by atoms with van der Waals surface area (Å²) in [6.07, 6.45) is 5.54. The van der Waals surface area contributed by atoms with Crippen molar-refractivity contribution in [3.8, 4) is 11.1 Å². The minimum atomic E-state index is -0.234. The molecular formula is C20H19FN6S. The maximum absolute atomic E-state index is 13.4. The summed E-state index contributed by atoms with van der Waals surface area (Å²) in [6, 6.07) is 6.61. The number of anilines is 1. The first-order valence-electron chi connectivity index (χ1n) is 9.27. The van der Waals surface area contributed by atoms with Gasteiger partial charge in [-0.25, -0.2) is 14.4 Å². The van der Waals surface area contributed by atoms with Gasteiger partial charge >= 0.3 is 0 Å². The summed E-state index contributed by atoms with van der Waals surface area (Å²) in [4.78, 5) is 12.4. The van der Waals surface area contributed by atoms with Gasteiger partial charge in [-0.1, -0.05) is 12.1 Å². The van der Waals surface area contributed by atoms with Crippen molar-refractivity contribution in [3.05, 3.63) is 53.9 Å². The van der Waals surface area contributed by atoms with Crippen LogP contribution in [-0.2, 0) is 7.05 Å². The van der Waals surface area contributed by atoms with Crippen LogP contribution in [0.5, 0.6) is 0 Å². The highest BCUT2D eigenvalue weighted by Crippen LogP contribution is 2.39. The first-order valence-corrected chi connectivity index (χ1v) is 10.2. The Balaban J connectivity index is 1.56. The van der Waals surface area contributed by atoms with Crippen LogP contribution in [0.15, 0.2) is 42.3 Å². The lowest BCUT2D eigenvalue weighted by Crippen LogP contribution is -2.36. The fourth-order valence-electron chi connectivity index (χ4n) is 3.98. The Morgan fingerprint density at radius 1 is 1.18 bits per heavy atom. The zero-order valence-corrected chi connectivity index (χ0v) is 16.2. The van der Waals surface area contributed by atoms with E-state index < -0.39 is 0 Å². The number of benzene rings is 1. The summed E-state index contributed by atoms with van der Waals surface area (Å²) in [5.74, 6) is 2.04. The summed E-state index contributed by atoms with van der Waals surface area (Å²) < 4.78 is 15.4. The molecule has 0 aliphatic carbocycles. The number of halogens is 1. The van der Waals surface area contributed by atoms with Crippen LogP contribution in [0.4, 0.5) is 10.2 Å². The molecule has 1 aromatic carbocycles. The van der Waals surface area contributed by atoms with E-state index in [9.17, 15) is 4.39 Å². The van der Waals surface area contributed by atoms with Crippen molar-refractivity contribution in [3.63, 3.8) is 0 Å². The van der Waals surface area contributed by atoms with Gasteiger partial charge in [-0.05, 0) is 30.5 Å². The third-order valence-electron chi connectivity index (χ3n) is 5.34. The van der Waals surface area contributed by atoms with E-state index in [-0.39, 0.29) is 5.82 Å². The molecule has 4 aromatic rings. The summed E-state index contributed by atoms with van der Waals surface area (Å²) in [5, 5.41) is 11.5. The van der Waals surface area contributed by atoms with Crippen molar-refractivity contribution >= 4 is 27.4 Å². The smallest absolute Gasteiger partial charge is 0.141 e. The number of piperidine rings is 1. The van der Waals surface area contributed by atoms with Crippen LogP contribution in [0.1, 0.15) is 24.6 Å². The molecule has 3 aromatic heterocycles. The fourth-order valence-corrected chi connectivity index (χ4v) is 4.89. The molecule has 0 spiro atoms. The molecule has 0 unspecified atom stereocenters. The van der Waals surface area contributed by atoms with Crippen molar-refractivity contribution in [1.29, 1.82) is 0 Å². The van der Waals surface area contributed by atoms with Gasteiger partial charge in [0, 0.05) is 37.0 Å². The summed E-state index contributed by atoms with van der Waals surface area (Å²) in [5.41, 5.74) is 2.03. The molecule has 6 nitrogen and oxygen atoms in total. The first kappa shape index (κ1) is 17.2. The molecule has 1 saturated heterocycles. The van der Waals surface area contributed by atoms with Crippen LogP contribution in [0.3, 0.4) is 0 Å². The van der Waals surface area contributed by atoms with E-state index in [1.54, 1.807) is 24.0 Å². The van der Waals surface area contributed by atoms with Crippen molar-refractivity contribution in [2.45, 2.75) is 18.8 Å². The Hall–Kier alpha value is -2.87. The molecular weight excluding hydrogens is 375 g/mol. The molecule has 5 rings (SSSR count). The molecule has 1 aliphatic heterocycles. The van der Waals surface area contributed by atoms with Crippen LogP contribution < -0.4 is 4.90 Å². The molecule has 1 fully saturated rings. The van der Waals surface area contributed by atoms with Crippen molar-refractivity contribution in [1.82, 2.24) is 24.7 Å². The summed E-state index contributed by atoms with van der Waals surface area (Å²) in [6.45, 7) is 1.79. The summed E-state index contributed by atoms with van der Waals surface area (Å²) >= 11 is 1.59. The Morgan fingerprint density at radius 3 is 2.82 bits per heavy atom. The van der Waals surface area contributed by atoms with E-state index in [1.807, 2.05) is 23.7 Å². The average molecular weight is 394 g/mol. The molecule has 4 heterocycles. The van der Waals surface area contributed by atoms with Gasteiger partial charge in [-0.2, -0.15) is 0 Å². The number of hydrogen-bond acceptors (Lipinski definition) is 6. The number of nitrogens with zero attached hydrogens (tertiary/aromatic N) is 6. The fraction of sp³-hybridized carbons (Fsp3) is 0.300. The highest BCUT2D eigenvalue weighted by atomic mass is 32.1. The van der Waals surface area contributed by atoms with Gasteiger partial charge in [0.25, 0.3) is 0 Å². The normalized spacial score (nSPS) is 17.4. The molecule has 0 amide bonds. The van der Waals surface area contributed by atoms with Crippen LogP contribution in [0.25, 0.3) is 21.3 Å². The molecule has 28 heavy (non-hydrogen) atoms. The minimum absolute atomic E-state index is 0.234. The highest BCUT2D eigenvalue weighted by molar-refractivity contribution is 7.17. The maximum Gasteiger partial charge on any atom is 0.141 e. The van der Waals surface area contributed by atoms with E-state index >= 15 is 0 Å². The molecule has 8 heteroatoms. The van der Waals surface area contributed by atoms with Crippen LogP contribution in [-0.4, -0.2) is 37.8 Å². The zero-order valence-electron chi connectivity index (χ0n) is 15.4. The third kappa shape index (κ3) is 2.93. The second-order valence-electron chi connectivity index (χ2n) is 7.12. The molecule has 0 bridgehead atoms. The SMILES string of the molecule is Cn1cnnc1[C@H]1CCCN(c2ncnc3scc(-c4ccc(F)cc4)c23)C1. The minimum Gasteiger partial charge on any atom is -0.355 e. The van der Waals surface area contributed by atoms with Gasteiger partial charge < -0.3 is 9.47 Å². The monoisotopic (exact) mass is 394 g/mol. The molecule has 1 aliphatic rings. The predicted octanol–water partition coefficient (Wildman–Crippen LogP) is 4.01. The molecule has 0 radical (unpaired) electrons. The van der Waals surface area contributed by atoms with Gasteiger partial charge in [-0.15, -0.1) is 21.5 Å². The highest BCUT2D eigenvalue weighted by Gasteiger charge is 2.27. The van der Waals surface area contributed by atoms with Crippen molar-refractivity contribution < 1.29 is 4.39 Å². The van der Waals surface area contributed by atoms with Gasteiger partial charge in [-0.3, -0.25) is 0 Å². The number of hydrogen-bond donors (Lipinski definition) is 0. The lowest BCUT2D eigenvalue weighted by atomic mass is 9.96. The average Bonchev–Trinajstić information content (AvgIpc) is 3.35. The number of aromatic nitrogens is 5. The Bertz CT molecular complexity index is 1120. The topological polar surface area (TPSA) is 59.7 Å². The quantitative estimate of drug-likeness (QED) is 0.525. The van der Waals surface area contributed by atoms with E-state index in [0.717, 1.165) is 58.9 Å². The van der Waals surface area contributed by atoms with Crippen LogP contribution in [0, 0.1) is 5.82 Å². The Morgan fingerprint density at radius 2 is 2.04 bits per heavy atom. The van der Waals surface area contributed by atoms with E-state index in [0.29, 0.717) is 5.92 Å². The van der Waals surface area contributed by atoms with E-state index in [2.05, 4.69) is 30.4 Å². The number of fused-ring (bicyclic) bond motifs is 1. The second kappa shape index (κ2) is 6.94. The maximum atomic E-state index is 13.4. The Labute approximate surface area is 165 Å². The number of rotatable bonds is 3. The van der Waals surface area contributed by atoms with Gasteiger partial charge in [0.1, 0.15) is 34.9 Å². The zero-order chi connectivity index (χ0) is 19.1. The van der Waals surface area contributed by atoms with Gasteiger partial charge in [0.15, 0.2) is 0 Å².